The Morgan fingerprint density at radius 2 is 2.19 bits per heavy atom. The Labute approximate surface area is 134 Å². The normalized spacial score (nSPS) is 13.1. The average Bonchev–Trinajstić information content (AvgIpc) is 2.37. The summed E-state index contributed by atoms with van der Waals surface area (Å²) in [7, 11) is -3.86. The molecule has 0 aliphatic heterocycles. The Hall–Kier alpha value is -0.700. The van der Waals surface area contributed by atoms with Crippen molar-refractivity contribution in [1.82, 2.24) is 4.72 Å². The first kappa shape index (κ1) is 18.3. The van der Waals surface area contributed by atoms with Crippen LogP contribution in [0.15, 0.2) is 23.1 Å². The van der Waals surface area contributed by atoms with Crippen LogP contribution < -0.4 is 10.5 Å². The van der Waals surface area contributed by atoms with Crippen LogP contribution in [0.3, 0.4) is 0 Å². The molecule has 4 nitrogen and oxygen atoms in total. The predicted molar refractivity (Wildman–Crippen MR) is 89.7 cm³/mol. The summed E-state index contributed by atoms with van der Waals surface area (Å²) in [6, 6.07) is 3.50. The van der Waals surface area contributed by atoms with Crippen LogP contribution in [0.4, 0.5) is 4.39 Å². The number of sulfonamides is 1. The van der Waals surface area contributed by atoms with Gasteiger partial charge in [0.15, 0.2) is 0 Å². The van der Waals surface area contributed by atoms with E-state index < -0.39 is 15.8 Å². The number of hydrogen-bond acceptors (Lipinski definition) is 4. The molecular weight excluding hydrogens is 331 g/mol. The summed E-state index contributed by atoms with van der Waals surface area (Å²) in [6.45, 7) is 3.81. The number of rotatable bonds is 8. The summed E-state index contributed by atoms with van der Waals surface area (Å²) in [4.78, 5) is -0.493. The van der Waals surface area contributed by atoms with Gasteiger partial charge in [0, 0.05) is 6.04 Å². The van der Waals surface area contributed by atoms with Crippen molar-refractivity contribution in [2.45, 2.75) is 31.2 Å². The van der Waals surface area contributed by atoms with Crippen LogP contribution in [0, 0.1) is 5.82 Å². The molecule has 0 aromatic heterocycles. The molecule has 0 bridgehead atoms. The molecule has 0 aliphatic carbocycles. The fraction of sp³-hybridized carbons (Fsp3) is 0.462. The SMILES string of the molecule is CCSCCC(C)NS(=O)(=O)c1cccc(F)c1C(N)=S. The summed E-state index contributed by atoms with van der Waals surface area (Å²) in [5.74, 6) is 1.10. The maximum Gasteiger partial charge on any atom is 0.241 e. The quantitative estimate of drug-likeness (QED) is 0.556. The monoisotopic (exact) mass is 350 g/mol. The summed E-state index contributed by atoms with van der Waals surface area (Å²) in [5.41, 5.74) is 5.20. The maximum atomic E-state index is 13.8. The van der Waals surface area contributed by atoms with Crippen molar-refractivity contribution >= 4 is 39.0 Å². The molecule has 0 fully saturated rings. The van der Waals surface area contributed by atoms with Crippen LogP contribution >= 0.6 is 24.0 Å². The van der Waals surface area contributed by atoms with E-state index in [-0.39, 0.29) is 21.5 Å². The number of benzene rings is 1. The minimum Gasteiger partial charge on any atom is -0.389 e. The van der Waals surface area contributed by atoms with Crippen molar-refractivity contribution in [2.24, 2.45) is 5.73 Å². The fourth-order valence-electron chi connectivity index (χ4n) is 1.76. The molecule has 0 radical (unpaired) electrons. The van der Waals surface area contributed by atoms with E-state index in [0.717, 1.165) is 17.6 Å². The molecule has 3 N–H and O–H groups in total. The van der Waals surface area contributed by atoms with E-state index >= 15 is 0 Å². The van der Waals surface area contributed by atoms with E-state index in [4.69, 9.17) is 18.0 Å². The molecule has 118 valence electrons. The maximum absolute atomic E-state index is 13.8. The van der Waals surface area contributed by atoms with Gasteiger partial charge in [-0.05, 0) is 37.0 Å². The lowest BCUT2D eigenvalue weighted by molar-refractivity contribution is 0.554. The number of nitrogens with one attached hydrogen (secondary N) is 1. The van der Waals surface area contributed by atoms with Gasteiger partial charge in [-0.25, -0.2) is 17.5 Å². The van der Waals surface area contributed by atoms with Gasteiger partial charge in [0.2, 0.25) is 10.0 Å². The van der Waals surface area contributed by atoms with Crippen LogP contribution in [0.2, 0.25) is 0 Å². The number of hydrogen-bond donors (Lipinski definition) is 2. The van der Waals surface area contributed by atoms with E-state index in [9.17, 15) is 12.8 Å². The van der Waals surface area contributed by atoms with Crippen LogP contribution in [0.5, 0.6) is 0 Å². The molecule has 0 saturated heterocycles. The average molecular weight is 351 g/mol. The van der Waals surface area contributed by atoms with Crippen molar-refractivity contribution in [3.05, 3.63) is 29.6 Å². The summed E-state index contributed by atoms with van der Waals surface area (Å²) < 4.78 is 41.0. The molecule has 0 saturated carbocycles. The fourth-order valence-corrected chi connectivity index (χ4v) is 4.35. The second kappa shape index (κ2) is 8.07. The lowest BCUT2D eigenvalue weighted by atomic mass is 10.2. The third-order valence-corrected chi connectivity index (χ3v) is 5.54. The van der Waals surface area contributed by atoms with E-state index in [1.165, 1.54) is 12.1 Å². The highest BCUT2D eigenvalue weighted by Gasteiger charge is 2.24. The first-order valence-corrected chi connectivity index (χ1v) is 9.52. The molecule has 1 aromatic rings. The molecule has 21 heavy (non-hydrogen) atoms. The van der Waals surface area contributed by atoms with E-state index in [2.05, 4.69) is 4.72 Å². The Morgan fingerprint density at radius 1 is 1.52 bits per heavy atom. The predicted octanol–water partition coefficient (Wildman–Crippen LogP) is 2.27. The van der Waals surface area contributed by atoms with Crippen molar-refractivity contribution in [3.8, 4) is 0 Å². The van der Waals surface area contributed by atoms with Gasteiger partial charge in [0.05, 0.1) is 10.5 Å². The second-order valence-corrected chi connectivity index (χ2v) is 8.00. The molecule has 1 atom stereocenters. The number of halogens is 1. The standard InChI is InChI=1S/C13H19FN2O2S3/c1-3-20-8-7-9(2)16-21(17,18)11-6-4-5-10(14)12(11)13(15)19/h4-6,9,16H,3,7-8H2,1-2H3,(H2,15,19). The first-order valence-electron chi connectivity index (χ1n) is 6.48. The van der Waals surface area contributed by atoms with Gasteiger partial charge < -0.3 is 5.73 Å². The van der Waals surface area contributed by atoms with Gasteiger partial charge in [-0.15, -0.1) is 0 Å². The molecule has 1 unspecified atom stereocenters. The zero-order valence-electron chi connectivity index (χ0n) is 11.9. The van der Waals surface area contributed by atoms with Crippen molar-refractivity contribution in [3.63, 3.8) is 0 Å². The summed E-state index contributed by atoms with van der Waals surface area (Å²) >= 11 is 6.48. The third-order valence-electron chi connectivity index (χ3n) is 2.77. The van der Waals surface area contributed by atoms with Crippen LogP contribution in [-0.4, -0.2) is 31.0 Å². The lowest BCUT2D eigenvalue weighted by Crippen LogP contribution is -2.34. The largest absolute Gasteiger partial charge is 0.389 e. The molecule has 0 spiro atoms. The summed E-state index contributed by atoms with van der Waals surface area (Å²) in [6.07, 6.45) is 0.690. The van der Waals surface area contributed by atoms with Gasteiger partial charge >= 0.3 is 0 Å². The van der Waals surface area contributed by atoms with E-state index in [1.54, 1.807) is 18.7 Å². The van der Waals surface area contributed by atoms with Crippen molar-refractivity contribution in [2.75, 3.05) is 11.5 Å². The highest BCUT2D eigenvalue weighted by Crippen LogP contribution is 2.19. The number of thioether (sulfide) groups is 1. The van der Waals surface area contributed by atoms with Crippen molar-refractivity contribution in [1.29, 1.82) is 0 Å². The van der Waals surface area contributed by atoms with Gasteiger partial charge in [-0.1, -0.05) is 25.2 Å². The van der Waals surface area contributed by atoms with Crippen molar-refractivity contribution < 1.29 is 12.8 Å². The molecule has 1 aromatic carbocycles. The highest BCUT2D eigenvalue weighted by molar-refractivity contribution is 7.99. The third kappa shape index (κ3) is 5.21. The minimum absolute atomic E-state index is 0.218. The zero-order chi connectivity index (χ0) is 16.0. The van der Waals surface area contributed by atoms with Gasteiger partial charge in [0.1, 0.15) is 10.8 Å². The Balaban J connectivity index is 2.98. The Bertz CT molecular complexity index is 605. The molecule has 0 amide bonds. The highest BCUT2D eigenvalue weighted by atomic mass is 32.2. The molecule has 8 heteroatoms. The number of thiocarbonyl (C=S) groups is 1. The van der Waals surface area contributed by atoms with Gasteiger partial charge in [-0.2, -0.15) is 11.8 Å². The smallest absolute Gasteiger partial charge is 0.241 e. The molecular formula is C13H19FN2O2S3. The topological polar surface area (TPSA) is 72.2 Å². The Morgan fingerprint density at radius 3 is 2.76 bits per heavy atom. The molecule has 1 rings (SSSR count). The second-order valence-electron chi connectivity index (χ2n) is 4.49. The molecule has 0 aliphatic rings. The van der Waals surface area contributed by atoms with E-state index in [0.29, 0.717) is 6.42 Å². The number of nitrogens with two attached hydrogens (primary N) is 1. The Kier molecular flexibility index (Phi) is 7.05. The van der Waals surface area contributed by atoms with Gasteiger partial charge in [0.25, 0.3) is 0 Å². The zero-order valence-corrected chi connectivity index (χ0v) is 14.4. The van der Waals surface area contributed by atoms with Crippen LogP contribution in [0.25, 0.3) is 0 Å². The summed E-state index contributed by atoms with van der Waals surface area (Å²) in [5, 5.41) is 0. The molecule has 0 heterocycles. The first-order chi connectivity index (χ1) is 9.79. The van der Waals surface area contributed by atoms with Crippen LogP contribution in [0.1, 0.15) is 25.8 Å². The lowest BCUT2D eigenvalue weighted by Gasteiger charge is -2.16. The van der Waals surface area contributed by atoms with E-state index in [1.807, 2.05) is 6.92 Å². The van der Waals surface area contributed by atoms with Gasteiger partial charge in [-0.3, -0.25) is 0 Å². The van der Waals surface area contributed by atoms with Crippen LogP contribution in [-0.2, 0) is 10.0 Å². The minimum atomic E-state index is -3.86.